The fourth-order valence-electron chi connectivity index (χ4n) is 4.21. The third kappa shape index (κ3) is 4.88. The van der Waals surface area contributed by atoms with Gasteiger partial charge in [-0.25, -0.2) is 9.50 Å². The van der Waals surface area contributed by atoms with E-state index in [1.54, 1.807) is 39.5 Å². The van der Waals surface area contributed by atoms with Crippen molar-refractivity contribution in [2.45, 2.75) is 12.8 Å². The number of amides is 1. The maximum Gasteiger partial charge on any atom is 0.229 e. The molecule has 0 spiro atoms. The second-order valence-electron chi connectivity index (χ2n) is 8.34. The fourth-order valence-corrected chi connectivity index (χ4v) is 5.13. The van der Waals surface area contributed by atoms with Crippen LogP contribution in [0.5, 0.6) is 17.2 Å². The number of methoxy groups -OCH3 is 3. The molecule has 0 saturated carbocycles. The average molecular weight is 494 g/mol. The summed E-state index contributed by atoms with van der Waals surface area (Å²) in [7, 11) is 4.83. The van der Waals surface area contributed by atoms with Gasteiger partial charge in [0, 0.05) is 42.5 Å². The zero-order valence-electron chi connectivity index (χ0n) is 19.9. The van der Waals surface area contributed by atoms with E-state index in [4.69, 9.17) is 24.3 Å². The summed E-state index contributed by atoms with van der Waals surface area (Å²) >= 11 is 1.53. The van der Waals surface area contributed by atoms with Gasteiger partial charge in [-0.3, -0.25) is 4.79 Å². The molecule has 5 rings (SSSR count). The van der Waals surface area contributed by atoms with Crippen molar-refractivity contribution in [3.05, 3.63) is 48.7 Å². The zero-order chi connectivity index (χ0) is 24.4. The summed E-state index contributed by atoms with van der Waals surface area (Å²) in [6, 6.07) is 13.2. The molecule has 0 bridgehead atoms. The van der Waals surface area contributed by atoms with Gasteiger partial charge in [-0.15, -0.1) is 5.10 Å². The standard InChI is InChI=1S/C25H27N5O4S/c1-32-19-8-6-16(7-9-19)22-15-30-24(27-22)35-25(28-30)29-10-4-5-17(14-29)23(31)26-18-11-20(33-2)13-21(12-18)34-3/h6-9,11-13,15,17H,4-5,10,14H2,1-3H3,(H,26,31)/t17-/m1/s1. The van der Waals surface area contributed by atoms with E-state index in [0.29, 0.717) is 23.7 Å². The average Bonchev–Trinajstić information content (AvgIpc) is 3.48. The lowest BCUT2D eigenvalue weighted by Gasteiger charge is -2.31. The van der Waals surface area contributed by atoms with Crippen LogP contribution in [0.3, 0.4) is 0 Å². The number of benzene rings is 2. The summed E-state index contributed by atoms with van der Waals surface area (Å²) in [5, 5.41) is 8.64. The van der Waals surface area contributed by atoms with Gasteiger partial charge in [0.05, 0.1) is 39.1 Å². The second-order valence-corrected chi connectivity index (χ2v) is 9.28. The minimum atomic E-state index is -0.146. The minimum absolute atomic E-state index is 0.0202. The quantitative estimate of drug-likeness (QED) is 0.410. The number of nitrogens with one attached hydrogen (secondary N) is 1. The van der Waals surface area contributed by atoms with Crippen LogP contribution in [0.1, 0.15) is 12.8 Å². The summed E-state index contributed by atoms with van der Waals surface area (Å²) in [5.41, 5.74) is 2.53. The molecule has 1 N–H and O–H groups in total. The van der Waals surface area contributed by atoms with Crippen LogP contribution >= 0.6 is 11.3 Å². The van der Waals surface area contributed by atoms with Crippen LogP contribution in [0.4, 0.5) is 10.8 Å². The molecule has 35 heavy (non-hydrogen) atoms. The number of hydrogen-bond acceptors (Lipinski definition) is 8. The lowest BCUT2D eigenvalue weighted by Crippen LogP contribution is -2.40. The van der Waals surface area contributed by atoms with Gasteiger partial charge < -0.3 is 24.4 Å². The van der Waals surface area contributed by atoms with Crippen molar-refractivity contribution in [1.29, 1.82) is 0 Å². The summed E-state index contributed by atoms with van der Waals surface area (Å²) in [5.74, 6) is 1.90. The number of aromatic nitrogens is 3. The molecular formula is C25H27N5O4S. The molecule has 0 radical (unpaired) electrons. The molecule has 1 fully saturated rings. The van der Waals surface area contributed by atoms with E-state index in [2.05, 4.69) is 10.2 Å². The Kier molecular flexibility index (Phi) is 6.45. The van der Waals surface area contributed by atoms with Gasteiger partial charge in [0.2, 0.25) is 16.0 Å². The molecule has 1 aliphatic heterocycles. The van der Waals surface area contributed by atoms with E-state index in [0.717, 1.165) is 46.5 Å². The first-order valence-corrected chi connectivity index (χ1v) is 12.2. The predicted molar refractivity (Wildman–Crippen MR) is 136 cm³/mol. The molecule has 9 nitrogen and oxygen atoms in total. The third-order valence-electron chi connectivity index (χ3n) is 6.10. The maximum absolute atomic E-state index is 13.1. The Morgan fingerprint density at radius 3 is 2.40 bits per heavy atom. The zero-order valence-corrected chi connectivity index (χ0v) is 20.7. The van der Waals surface area contributed by atoms with E-state index >= 15 is 0 Å². The highest BCUT2D eigenvalue weighted by molar-refractivity contribution is 7.20. The smallest absolute Gasteiger partial charge is 0.229 e. The minimum Gasteiger partial charge on any atom is -0.497 e. The van der Waals surface area contributed by atoms with E-state index < -0.39 is 0 Å². The third-order valence-corrected chi connectivity index (χ3v) is 7.08. The fraction of sp³-hybridized carbons (Fsp3) is 0.320. The molecule has 2 aromatic heterocycles. The van der Waals surface area contributed by atoms with Gasteiger partial charge in [-0.1, -0.05) is 11.3 Å². The highest BCUT2D eigenvalue weighted by atomic mass is 32.1. The summed E-state index contributed by atoms with van der Waals surface area (Å²) in [4.78, 5) is 20.8. The lowest BCUT2D eigenvalue weighted by molar-refractivity contribution is -0.120. The van der Waals surface area contributed by atoms with Crippen molar-refractivity contribution in [2.24, 2.45) is 5.92 Å². The number of nitrogens with zero attached hydrogens (tertiary/aromatic N) is 4. The number of carbonyl (C=O) groups is 1. The number of carbonyl (C=O) groups excluding carboxylic acids is 1. The van der Waals surface area contributed by atoms with Crippen molar-refractivity contribution >= 4 is 33.0 Å². The molecule has 182 valence electrons. The molecule has 3 heterocycles. The molecular weight excluding hydrogens is 466 g/mol. The Bertz CT molecular complexity index is 1280. The van der Waals surface area contributed by atoms with Gasteiger partial charge in [0.15, 0.2) is 0 Å². The first-order chi connectivity index (χ1) is 17.1. The molecule has 0 unspecified atom stereocenters. The van der Waals surface area contributed by atoms with Crippen LogP contribution < -0.4 is 24.4 Å². The maximum atomic E-state index is 13.1. The van der Waals surface area contributed by atoms with Gasteiger partial charge in [0.25, 0.3) is 0 Å². The predicted octanol–water partition coefficient (Wildman–Crippen LogP) is 4.34. The first-order valence-electron chi connectivity index (χ1n) is 11.4. The van der Waals surface area contributed by atoms with Gasteiger partial charge in [-0.05, 0) is 37.1 Å². The van der Waals surface area contributed by atoms with Gasteiger partial charge >= 0.3 is 0 Å². The van der Waals surface area contributed by atoms with Crippen LogP contribution in [0.2, 0.25) is 0 Å². The van der Waals surface area contributed by atoms with Crippen molar-refractivity contribution in [3.63, 3.8) is 0 Å². The molecule has 4 aromatic rings. The highest BCUT2D eigenvalue weighted by Crippen LogP contribution is 2.31. The Morgan fingerprint density at radius 1 is 1.03 bits per heavy atom. The van der Waals surface area contributed by atoms with Gasteiger partial charge in [-0.2, -0.15) is 0 Å². The lowest BCUT2D eigenvalue weighted by atomic mass is 9.97. The van der Waals surface area contributed by atoms with Gasteiger partial charge in [0.1, 0.15) is 17.2 Å². The molecule has 2 aromatic carbocycles. The van der Waals surface area contributed by atoms with Crippen LogP contribution in [-0.2, 0) is 4.79 Å². The molecule has 1 amide bonds. The largest absolute Gasteiger partial charge is 0.497 e. The summed E-state index contributed by atoms with van der Waals surface area (Å²) < 4.78 is 17.7. The topological polar surface area (TPSA) is 90.2 Å². The van der Waals surface area contributed by atoms with Crippen molar-refractivity contribution in [1.82, 2.24) is 14.6 Å². The Labute approximate surface area is 207 Å². The van der Waals surface area contributed by atoms with Crippen LogP contribution in [0.25, 0.3) is 16.2 Å². The number of piperidine rings is 1. The van der Waals surface area contributed by atoms with Crippen molar-refractivity contribution in [3.8, 4) is 28.5 Å². The molecule has 0 aliphatic carbocycles. The monoisotopic (exact) mass is 493 g/mol. The Morgan fingerprint density at radius 2 is 1.74 bits per heavy atom. The molecule has 10 heteroatoms. The Hall–Kier alpha value is -3.79. The van der Waals surface area contributed by atoms with E-state index in [1.165, 1.54) is 11.3 Å². The number of imidazole rings is 1. The van der Waals surface area contributed by atoms with Crippen molar-refractivity contribution < 1.29 is 19.0 Å². The SMILES string of the molecule is COc1ccc(-c2cn3nc(N4CCC[C@@H](C(=O)Nc5cc(OC)cc(OC)c5)C4)sc3n2)cc1. The second kappa shape index (κ2) is 9.83. The first kappa shape index (κ1) is 23.0. The molecule has 1 atom stereocenters. The summed E-state index contributed by atoms with van der Waals surface area (Å²) in [6.07, 6.45) is 3.67. The van der Waals surface area contributed by atoms with Crippen LogP contribution in [0.15, 0.2) is 48.7 Å². The van der Waals surface area contributed by atoms with Crippen molar-refractivity contribution in [2.75, 3.05) is 44.6 Å². The normalized spacial score (nSPS) is 15.7. The van der Waals surface area contributed by atoms with Crippen LogP contribution in [-0.4, -0.2) is 54.9 Å². The number of anilines is 2. The molecule has 1 aliphatic rings. The van der Waals surface area contributed by atoms with E-state index in [9.17, 15) is 4.79 Å². The van der Waals surface area contributed by atoms with E-state index in [1.807, 2.05) is 35.0 Å². The van der Waals surface area contributed by atoms with Crippen LogP contribution in [0, 0.1) is 5.92 Å². The number of rotatable bonds is 7. The molecule has 1 saturated heterocycles. The number of ether oxygens (including phenoxy) is 3. The number of fused-ring (bicyclic) bond motifs is 1. The number of hydrogen-bond donors (Lipinski definition) is 1. The highest BCUT2D eigenvalue weighted by Gasteiger charge is 2.28. The van der Waals surface area contributed by atoms with E-state index in [-0.39, 0.29) is 11.8 Å². The Balaban J connectivity index is 1.28. The summed E-state index contributed by atoms with van der Waals surface area (Å²) in [6.45, 7) is 1.47.